The molecule has 1 aromatic heterocycles. The van der Waals surface area contributed by atoms with Gasteiger partial charge in [0.15, 0.2) is 0 Å². The zero-order valence-electron chi connectivity index (χ0n) is 11.3. The number of benzene rings is 2. The molecule has 0 saturated heterocycles. The van der Waals surface area contributed by atoms with Crippen molar-refractivity contribution in [3.05, 3.63) is 59.8 Å². The molecule has 0 unspecified atom stereocenters. The van der Waals surface area contributed by atoms with Crippen LogP contribution in [0.1, 0.15) is 20.7 Å². The van der Waals surface area contributed by atoms with Gasteiger partial charge in [-0.3, -0.25) is 14.3 Å². The number of amides is 2. The largest absolute Gasteiger partial charge is 0.268 e. The Hall–Kier alpha value is -2.95. The number of carbonyl (C=O) groups is 2. The summed E-state index contributed by atoms with van der Waals surface area (Å²) in [5.74, 6) is -0.155. The Labute approximate surface area is 120 Å². The van der Waals surface area contributed by atoms with Crippen LogP contribution in [0.5, 0.6) is 0 Å². The van der Waals surface area contributed by atoms with Crippen LogP contribution in [0.2, 0.25) is 0 Å². The van der Waals surface area contributed by atoms with Crippen LogP contribution in [0.15, 0.2) is 48.7 Å². The Balaban J connectivity index is 2.04. The number of carbonyl (C=O) groups excluding carboxylic acids is 2. The van der Waals surface area contributed by atoms with E-state index in [-0.39, 0.29) is 11.8 Å². The highest BCUT2D eigenvalue weighted by Gasteiger charge is 2.34. The normalized spacial score (nSPS) is 14.0. The molecule has 4 rings (SSSR count). The second-order valence-electron chi connectivity index (χ2n) is 4.97. The molecule has 1 aliphatic rings. The summed E-state index contributed by atoms with van der Waals surface area (Å²) in [6, 6.07) is 12.6. The molecule has 0 radical (unpaired) electrons. The molecule has 5 nitrogen and oxygen atoms in total. The fourth-order valence-electron chi connectivity index (χ4n) is 2.82. The Morgan fingerprint density at radius 2 is 1.52 bits per heavy atom. The van der Waals surface area contributed by atoms with Gasteiger partial charge in [-0.25, -0.2) is 4.90 Å². The Kier molecular flexibility index (Phi) is 2.27. The van der Waals surface area contributed by atoms with Crippen molar-refractivity contribution in [1.29, 1.82) is 0 Å². The van der Waals surface area contributed by atoms with Crippen LogP contribution in [-0.4, -0.2) is 21.6 Å². The van der Waals surface area contributed by atoms with E-state index in [0.717, 1.165) is 10.8 Å². The smallest absolute Gasteiger partial charge is 0.267 e. The zero-order chi connectivity index (χ0) is 14.6. The van der Waals surface area contributed by atoms with E-state index in [4.69, 9.17) is 0 Å². The predicted molar refractivity (Wildman–Crippen MR) is 78.3 cm³/mol. The number of nitrogens with zero attached hydrogens (tertiary/aromatic N) is 3. The standard InChI is InChI=1S/C16H11N3O2/c1-18-13(8-9-17-18)19-15(20)11-6-2-4-10-5-3-7-12(14(10)11)16(19)21/h2-9H,1H3. The average Bonchev–Trinajstić information content (AvgIpc) is 2.91. The Morgan fingerprint density at radius 1 is 0.905 bits per heavy atom. The molecule has 0 atom stereocenters. The lowest BCUT2D eigenvalue weighted by atomic mass is 9.94. The molecule has 1 aliphatic heterocycles. The molecule has 2 heterocycles. The number of aromatic nitrogens is 2. The van der Waals surface area contributed by atoms with Crippen LogP contribution in [0.25, 0.3) is 10.8 Å². The van der Waals surface area contributed by atoms with Crippen LogP contribution >= 0.6 is 0 Å². The van der Waals surface area contributed by atoms with Crippen LogP contribution < -0.4 is 4.90 Å². The third-order valence-corrected chi connectivity index (χ3v) is 3.80. The minimum Gasteiger partial charge on any atom is -0.268 e. The van der Waals surface area contributed by atoms with Crippen molar-refractivity contribution in [2.75, 3.05) is 4.90 Å². The first kappa shape index (κ1) is 11.8. The fraction of sp³-hybridized carbons (Fsp3) is 0.0625. The Morgan fingerprint density at radius 3 is 2.05 bits per heavy atom. The number of imide groups is 1. The van der Waals surface area contributed by atoms with E-state index in [0.29, 0.717) is 16.9 Å². The van der Waals surface area contributed by atoms with Crippen LogP contribution in [0, 0.1) is 0 Å². The van der Waals surface area contributed by atoms with Gasteiger partial charge >= 0.3 is 0 Å². The molecular formula is C16H11N3O2. The number of aryl methyl sites for hydroxylation is 1. The SMILES string of the molecule is Cn1nccc1N1C(=O)c2cccc3cccc(c23)C1=O. The number of rotatable bonds is 1. The van der Waals surface area contributed by atoms with Crippen molar-refractivity contribution < 1.29 is 9.59 Å². The Bertz CT molecular complexity index is 860. The van der Waals surface area contributed by atoms with Gasteiger partial charge in [0.05, 0.1) is 6.20 Å². The van der Waals surface area contributed by atoms with E-state index in [2.05, 4.69) is 5.10 Å². The van der Waals surface area contributed by atoms with Gasteiger partial charge in [0.1, 0.15) is 5.82 Å². The van der Waals surface area contributed by atoms with Gasteiger partial charge in [0.2, 0.25) is 0 Å². The lowest BCUT2D eigenvalue weighted by Crippen LogP contribution is -2.41. The summed E-state index contributed by atoms with van der Waals surface area (Å²) in [5.41, 5.74) is 1.09. The van der Waals surface area contributed by atoms with E-state index in [1.807, 2.05) is 24.3 Å². The predicted octanol–water partition coefficient (Wildman–Crippen LogP) is 2.37. The molecule has 102 valence electrons. The summed E-state index contributed by atoms with van der Waals surface area (Å²) >= 11 is 0. The van der Waals surface area contributed by atoms with Crippen LogP contribution in [0.4, 0.5) is 5.82 Å². The fourth-order valence-corrected chi connectivity index (χ4v) is 2.82. The molecule has 2 amide bonds. The van der Waals surface area contributed by atoms with Gasteiger partial charge in [-0.2, -0.15) is 5.10 Å². The minimum atomic E-state index is -0.312. The lowest BCUT2D eigenvalue weighted by molar-refractivity contribution is 0.0891. The highest BCUT2D eigenvalue weighted by atomic mass is 16.2. The van der Waals surface area contributed by atoms with Gasteiger partial charge in [-0.05, 0) is 17.5 Å². The molecular weight excluding hydrogens is 266 g/mol. The summed E-state index contributed by atoms with van der Waals surface area (Å²) in [6.07, 6.45) is 1.57. The summed E-state index contributed by atoms with van der Waals surface area (Å²) in [7, 11) is 1.71. The molecule has 0 fully saturated rings. The van der Waals surface area contributed by atoms with E-state index < -0.39 is 0 Å². The van der Waals surface area contributed by atoms with Crippen LogP contribution in [0.3, 0.4) is 0 Å². The van der Waals surface area contributed by atoms with Crippen molar-refractivity contribution in [2.24, 2.45) is 7.05 Å². The van der Waals surface area contributed by atoms with Gasteiger partial charge in [0.25, 0.3) is 11.8 Å². The molecule has 0 N–H and O–H groups in total. The van der Waals surface area contributed by atoms with Crippen molar-refractivity contribution in [3.8, 4) is 0 Å². The van der Waals surface area contributed by atoms with E-state index >= 15 is 0 Å². The third-order valence-electron chi connectivity index (χ3n) is 3.80. The molecule has 5 heteroatoms. The lowest BCUT2D eigenvalue weighted by Gasteiger charge is -2.26. The first-order valence-electron chi connectivity index (χ1n) is 6.57. The highest BCUT2D eigenvalue weighted by Crippen LogP contribution is 2.32. The first-order chi connectivity index (χ1) is 10.2. The van der Waals surface area contributed by atoms with E-state index in [9.17, 15) is 9.59 Å². The summed E-state index contributed by atoms with van der Waals surface area (Å²) < 4.78 is 1.52. The van der Waals surface area contributed by atoms with Gasteiger partial charge in [-0.1, -0.05) is 24.3 Å². The molecule has 21 heavy (non-hydrogen) atoms. The first-order valence-corrected chi connectivity index (χ1v) is 6.57. The minimum absolute atomic E-state index is 0.312. The van der Waals surface area contributed by atoms with Gasteiger partial charge < -0.3 is 0 Å². The number of hydrogen-bond acceptors (Lipinski definition) is 3. The van der Waals surface area contributed by atoms with Crippen molar-refractivity contribution in [1.82, 2.24) is 9.78 Å². The maximum atomic E-state index is 12.7. The van der Waals surface area contributed by atoms with Crippen LogP contribution in [-0.2, 0) is 7.05 Å². The van der Waals surface area contributed by atoms with Crippen molar-refractivity contribution in [2.45, 2.75) is 0 Å². The van der Waals surface area contributed by atoms with E-state index in [1.165, 1.54) is 9.58 Å². The molecule has 0 bridgehead atoms. The summed E-state index contributed by atoms with van der Waals surface area (Å²) in [5, 5.41) is 5.67. The molecule has 0 saturated carbocycles. The molecule has 3 aromatic rings. The zero-order valence-corrected chi connectivity index (χ0v) is 11.3. The third kappa shape index (κ3) is 1.48. The number of hydrogen-bond donors (Lipinski definition) is 0. The molecule has 0 spiro atoms. The molecule has 0 aliphatic carbocycles. The van der Waals surface area contributed by atoms with Gasteiger partial charge in [0, 0.05) is 29.6 Å². The van der Waals surface area contributed by atoms with Crippen molar-refractivity contribution in [3.63, 3.8) is 0 Å². The van der Waals surface area contributed by atoms with Crippen molar-refractivity contribution >= 4 is 28.4 Å². The average molecular weight is 277 g/mol. The second-order valence-corrected chi connectivity index (χ2v) is 4.97. The summed E-state index contributed by atoms with van der Waals surface area (Å²) in [4.78, 5) is 26.6. The van der Waals surface area contributed by atoms with E-state index in [1.54, 1.807) is 31.4 Å². The second kappa shape index (κ2) is 4.02. The molecule has 2 aromatic carbocycles. The topological polar surface area (TPSA) is 55.2 Å². The maximum absolute atomic E-state index is 12.7. The van der Waals surface area contributed by atoms with Gasteiger partial charge in [-0.15, -0.1) is 0 Å². The highest BCUT2D eigenvalue weighted by molar-refractivity contribution is 6.35. The summed E-state index contributed by atoms with van der Waals surface area (Å²) in [6.45, 7) is 0. The number of anilines is 1. The quantitative estimate of drug-likeness (QED) is 0.642. The maximum Gasteiger partial charge on any atom is 0.267 e. The monoisotopic (exact) mass is 277 g/mol.